The summed E-state index contributed by atoms with van der Waals surface area (Å²) >= 11 is 0. The van der Waals surface area contributed by atoms with E-state index < -0.39 is 0 Å². The minimum atomic E-state index is -0.275. The SMILES string of the molecule is Cc1ccc(C2=C(N3CCN(c4ncccn4)CC3)C(=O)N(Cc3ccccn3)C2=O)cc1C. The summed E-state index contributed by atoms with van der Waals surface area (Å²) in [4.78, 5) is 45.7. The van der Waals surface area contributed by atoms with Crippen molar-refractivity contribution in [3.05, 3.63) is 89.1 Å². The van der Waals surface area contributed by atoms with E-state index in [4.69, 9.17) is 0 Å². The molecule has 0 N–H and O–H groups in total. The molecule has 1 fully saturated rings. The third-order valence-electron chi connectivity index (χ3n) is 6.42. The molecule has 0 bridgehead atoms. The standard InChI is InChI=1S/C26H26N6O2/c1-18-7-8-20(16-19(18)2)22-23(25(34)32(24(22)33)17-21-6-3-4-9-27-21)30-12-14-31(15-13-30)26-28-10-5-11-29-26/h3-11,16H,12-15,17H2,1-2H3. The Bertz CT molecular complexity index is 1250. The van der Waals surface area contributed by atoms with Crippen LogP contribution in [0.1, 0.15) is 22.4 Å². The summed E-state index contributed by atoms with van der Waals surface area (Å²) in [6.45, 7) is 6.72. The Hall–Kier alpha value is -4.07. The van der Waals surface area contributed by atoms with E-state index in [0.29, 0.717) is 49.1 Å². The van der Waals surface area contributed by atoms with Crippen LogP contribution in [0.15, 0.2) is 66.8 Å². The maximum atomic E-state index is 13.6. The molecule has 0 spiro atoms. The molecule has 0 radical (unpaired) electrons. The molecule has 0 atom stereocenters. The van der Waals surface area contributed by atoms with E-state index in [1.807, 2.05) is 55.1 Å². The van der Waals surface area contributed by atoms with Gasteiger partial charge in [-0.05, 0) is 48.7 Å². The van der Waals surface area contributed by atoms with Gasteiger partial charge in [-0.25, -0.2) is 9.97 Å². The normalized spacial score (nSPS) is 16.6. The molecule has 0 aliphatic carbocycles. The Morgan fingerprint density at radius 2 is 1.47 bits per heavy atom. The highest BCUT2D eigenvalue weighted by atomic mass is 16.2. The first-order valence-electron chi connectivity index (χ1n) is 11.4. The number of carbonyl (C=O) groups excluding carboxylic acids is 2. The molecular formula is C26H26N6O2. The van der Waals surface area contributed by atoms with Crippen LogP contribution in [0.5, 0.6) is 0 Å². The van der Waals surface area contributed by atoms with E-state index in [0.717, 1.165) is 16.7 Å². The van der Waals surface area contributed by atoms with Gasteiger partial charge in [0.1, 0.15) is 5.70 Å². The van der Waals surface area contributed by atoms with Gasteiger partial charge in [0.05, 0.1) is 17.8 Å². The number of imide groups is 1. The lowest BCUT2D eigenvalue weighted by molar-refractivity contribution is -0.138. The van der Waals surface area contributed by atoms with Crippen molar-refractivity contribution in [1.29, 1.82) is 0 Å². The van der Waals surface area contributed by atoms with Gasteiger partial charge in [0.25, 0.3) is 11.8 Å². The maximum Gasteiger partial charge on any atom is 0.278 e. The fraction of sp³-hybridized carbons (Fsp3) is 0.269. The third-order valence-corrected chi connectivity index (χ3v) is 6.42. The van der Waals surface area contributed by atoms with Crippen molar-refractivity contribution in [1.82, 2.24) is 24.8 Å². The fourth-order valence-electron chi connectivity index (χ4n) is 4.40. The van der Waals surface area contributed by atoms with Gasteiger partial charge in [-0.15, -0.1) is 0 Å². The quantitative estimate of drug-likeness (QED) is 0.548. The second kappa shape index (κ2) is 9.05. The molecule has 5 rings (SSSR count). The third kappa shape index (κ3) is 4.03. The monoisotopic (exact) mass is 454 g/mol. The summed E-state index contributed by atoms with van der Waals surface area (Å²) in [5.41, 5.74) is 4.61. The molecule has 2 amide bonds. The number of piperazine rings is 1. The first-order chi connectivity index (χ1) is 16.5. The van der Waals surface area contributed by atoms with Crippen LogP contribution in [0.25, 0.3) is 5.57 Å². The highest BCUT2D eigenvalue weighted by molar-refractivity contribution is 6.35. The summed E-state index contributed by atoms with van der Waals surface area (Å²) < 4.78 is 0. The molecule has 2 aromatic heterocycles. The number of hydrogen-bond acceptors (Lipinski definition) is 7. The number of hydrogen-bond donors (Lipinski definition) is 0. The van der Waals surface area contributed by atoms with Crippen LogP contribution in [-0.4, -0.2) is 62.7 Å². The second-order valence-electron chi connectivity index (χ2n) is 8.56. The summed E-state index contributed by atoms with van der Waals surface area (Å²) in [6, 6.07) is 13.2. The van der Waals surface area contributed by atoms with Crippen molar-refractivity contribution in [3.8, 4) is 0 Å². The zero-order chi connectivity index (χ0) is 23.7. The number of benzene rings is 1. The highest BCUT2D eigenvalue weighted by Gasteiger charge is 2.42. The number of aryl methyl sites for hydroxylation is 2. The average molecular weight is 455 g/mol. The second-order valence-corrected chi connectivity index (χ2v) is 8.56. The number of nitrogens with zero attached hydrogens (tertiary/aromatic N) is 6. The van der Waals surface area contributed by atoms with Crippen LogP contribution in [0.2, 0.25) is 0 Å². The molecule has 172 valence electrons. The van der Waals surface area contributed by atoms with Crippen LogP contribution >= 0.6 is 0 Å². The molecule has 1 saturated heterocycles. The number of pyridine rings is 1. The average Bonchev–Trinajstić information content (AvgIpc) is 3.12. The maximum absolute atomic E-state index is 13.6. The molecule has 0 unspecified atom stereocenters. The fourth-order valence-corrected chi connectivity index (χ4v) is 4.40. The topological polar surface area (TPSA) is 82.5 Å². The van der Waals surface area contributed by atoms with Crippen LogP contribution in [-0.2, 0) is 16.1 Å². The number of carbonyl (C=O) groups is 2. The van der Waals surface area contributed by atoms with E-state index in [9.17, 15) is 9.59 Å². The van der Waals surface area contributed by atoms with Gasteiger partial charge in [0.15, 0.2) is 0 Å². The summed E-state index contributed by atoms with van der Waals surface area (Å²) in [6.07, 6.45) is 5.12. The van der Waals surface area contributed by atoms with Crippen LogP contribution in [0, 0.1) is 13.8 Å². The van der Waals surface area contributed by atoms with Gasteiger partial charge >= 0.3 is 0 Å². The molecule has 8 nitrogen and oxygen atoms in total. The van der Waals surface area contributed by atoms with E-state index in [1.165, 1.54) is 4.90 Å². The molecule has 0 saturated carbocycles. The van der Waals surface area contributed by atoms with E-state index in [1.54, 1.807) is 24.7 Å². The molecule has 2 aliphatic heterocycles. The molecular weight excluding hydrogens is 428 g/mol. The Morgan fingerprint density at radius 1 is 0.765 bits per heavy atom. The van der Waals surface area contributed by atoms with Gasteiger partial charge in [0, 0.05) is 44.8 Å². The minimum Gasteiger partial charge on any atom is -0.363 e. The van der Waals surface area contributed by atoms with Gasteiger partial charge in [-0.3, -0.25) is 19.5 Å². The summed E-state index contributed by atoms with van der Waals surface area (Å²) in [5.74, 6) is 0.132. The molecule has 4 heterocycles. The predicted octanol–water partition coefficient (Wildman–Crippen LogP) is 2.59. The number of amides is 2. The summed E-state index contributed by atoms with van der Waals surface area (Å²) in [7, 11) is 0. The van der Waals surface area contributed by atoms with Crippen molar-refractivity contribution < 1.29 is 9.59 Å². The van der Waals surface area contributed by atoms with Crippen molar-refractivity contribution in [2.24, 2.45) is 0 Å². The van der Waals surface area contributed by atoms with Crippen molar-refractivity contribution >= 4 is 23.3 Å². The molecule has 3 aromatic rings. The number of rotatable bonds is 5. The Labute approximate surface area is 198 Å². The lowest BCUT2D eigenvalue weighted by atomic mass is 9.99. The van der Waals surface area contributed by atoms with E-state index >= 15 is 0 Å². The van der Waals surface area contributed by atoms with E-state index in [2.05, 4.69) is 19.9 Å². The lowest BCUT2D eigenvalue weighted by Crippen LogP contribution is -2.48. The highest BCUT2D eigenvalue weighted by Crippen LogP contribution is 2.34. The van der Waals surface area contributed by atoms with Crippen molar-refractivity contribution in [2.75, 3.05) is 31.1 Å². The van der Waals surface area contributed by atoms with E-state index in [-0.39, 0.29) is 18.4 Å². The van der Waals surface area contributed by atoms with Crippen LogP contribution < -0.4 is 4.90 Å². The molecule has 1 aromatic carbocycles. The number of anilines is 1. The van der Waals surface area contributed by atoms with Gasteiger partial charge in [-0.1, -0.05) is 24.3 Å². The zero-order valence-corrected chi connectivity index (χ0v) is 19.3. The smallest absolute Gasteiger partial charge is 0.278 e. The van der Waals surface area contributed by atoms with Crippen LogP contribution in [0.3, 0.4) is 0 Å². The molecule has 34 heavy (non-hydrogen) atoms. The lowest BCUT2D eigenvalue weighted by Gasteiger charge is -2.36. The Morgan fingerprint density at radius 3 is 2.15 bits per heavy atom. The zero-order valence-electron chi connectivity index (χ0n) is 19.3. The van der Waals surface area contributed by atoms with Crippen molar-refractivity contribution in [3.63, 3.8) is 0 Å². The van der Waals surface area contributed by atoms with Crippen molar-refractivity contribution in [2.45, 2.75) is 20.4 Å². The first-order valence-corrected chi connectivity index (χ1v) is 11.4. The Kier molecular flexibility index (Phi) is 5.79. The summed E-state index contributed by atoms with van der Waals surface area (Å²) in [5, 5.41) is 0. The Balaban J connectivity index is 1.48. The minimum absolute atomic E-state index is 0.147. The van der Waals surface area contributed by atoms with Crippen LogP contribution in [0.4, 0.5) is 5.95 Å². The predicted molar refractivity (Wildman–Crippen MR) is 128 cm³/mol. The molecule has 2 aliphatic rings. The number of aromatic nitrogens is 3. The van der Waals surface area contributed by atoms with Gasteiger partial charge in [0.2, 0.25) is 5.95 Å². The van der Waals surface area contributed by atoms with Gasteiger partial charge < -0.3 is 9.80 Å². The molecule has 8 heteroatoms. The van der Waals surface area contributed by atoms with Gasteiger partial charge in [-0.2, -0.15) is 0 Å². The largest absolute Gasteiger partial charge is 0.363 e. The first kappa shape index (κ1) is 21.8.